The number of amides is 4. The molecule has 26 nitrogen and oxygen atoms in total. The van der Waals surface area contributed by atoms with Gasteiger partial charge in [-0.25, -0.2) is 28.9 Å². The number of carboxylic acids is 3. The topological polar surface area (TPSA) is 381 Å². The van der Waals surface area contributed by atoms with Crippen LogP contribution in [0.1, 0.15) is 112 Å². The Morgan fingerprint density at radius 3 is 2.07 bits per heavy atom. The molecule has 3 unspecified atom stereocenters. The van der Waals surface area contributed by atoms with Crippen LogP contribution in [0.25, 0.3) is 44.6 Å². The molecule has 91 heavy (non-hydrogen) atoms. The Morgan fingerprint density at radius 1 is 0.736 bits per heavy atom. The van der Waals surface area contributed by atoms with E-state index in [1.165, 1.54) is 18.3 Å². The van der Waals surface area contributed by atoms with Crippen LogP contribution in [0.2, 0.25) is 0 Å². The third-order valence-corrected chi connectivity index (χ3v) is 15.6. The lowest BCUT2D eigenvalue weighted by Crippen LogP contribution is -2.47. The fourth-order valence-corrected chi connectivity index (χ4v) is 10.7. The molecule has 0 radical (unpaired) electrons. The number of hydrogen-bond acceptors (Lipinski definition) is 17. The Morgan fingerprint density at radius 2 is 1.40 bits per heavy atom. The number of rotatable bonds is 33. The summed E-state index contributed by atoms with van der Waals surface area (Å²) in [5, 5.41) is 52.2. The first-order chi connectivity index (χ1) is 43.7. The van der Waals surface area contributed by atoms with Gasteiger partial charge >= 0.3 is 17.9 Å². The minimum absolute atomic E-state index is 0.0118. The molecule has 482 valence electrons. The predicted molar refractivity (Wildman–Crippen MR) is 354 cm³/mol. The molecule has 7 rings (SSSR count). The molecule has 4 amide bonds. The van der Waals surface area contributed by atoms with E-state index in [0.717, 1.165) is 48.2 Å². The van der Waals surface area contributed by atoms with E-state index < -0.39 is 65.7 Å². The van der Waals surface area contributed by atoms with Gasteiger partial charge in [0, 0.05) is 90.3 Å². The lowest BCUT2D eigenvalue weighted by Gasteiger charge is -2.23. The molecular formula is C63H77N14O12S2+. The molecule has 1 aliphatic heterocycles. The molecule has 13 N–H and O–H groups in total. The smallest absolute Gasteiger partial charge is 0.336 e. The Bertz CT molecular complexity index is 3890. The molecule has 0 spiro atoms. The van der Waals surface area contributed by atoms with Gasteiger partial charge in [0.1, 0.15) is 42.6 Å². The summed E-state index contributed by atoms with van der Waals surface area (Å²) in [6.07, 6.45) is 2.64. The molecule has 3 atom stereocenters. The largest absolute Gasteiger partial charge is 0.480 e. The van der Waals surface area contributed by atoms with Crippen molar-refractivity contribution in [3.05, 3.63) is 118 Å². The molecule has 0 saturated heterocycles. The predicted octanol–water partition coefficient (Wildman–Crippen LogP) is 5.56. The number of carboxylic acid groups (broad SMARTS) is 3. The average molecular weight is 1290 g/mol. The van der Waals surface area contributed by atoms with Crippen molar-refractivity contribution >= 4 is 117 Å². The van der Waals surface area contributed by atoms with Crippen LogP contribution in [-0.2, 0) is 30.5 Å². The summed E-state index contributed by atoms with van der Waals surface area (Å²) in [6, 6.07) is 19.3. The number of fused-ring (bicyclic) bond motifs is 3. The lowest BCUT2D eigenvalue weighted by molar-refractivity contribution is -0.142. The molecule has 28 heteroatoms. The highest BCUT2D eigenvalue weighted by atomic mass is 32.1. The first kappa shape index (κ1) is 68.8. The highest BCUT2D eigenvalue weighted by Gasteiger charge is 2.27. The van der Waals surface area contributed by atoms with E-state index >= 15 is 0 Å². The van der Waals surface area contributed by atoms with E-state index in [1.54, 1.807) is 30.3 Å². The number of nitrogen functional groups attached to an aromatic ring is 1. The van der Waals surface area contributed by atoms with E-state index in [2.05, 4.69) is 107 Å². The van der Waals surface area contributed by atoms with E-state index in [4.69, 9.17) is 22.4 Å². The second-order valence-electron chi connectivity index (χ2n) is 21.3. The van der Waals surface area contributed by atoms with Crippen molar-refractivity contribution in [3.8, 4) is 22.5 Å². The number of nitrogens with one attached hydrogen (secondary N) is 8. The van der Waals surface area contributed by atoms with E-state index in [9.17, 15) is 53.7 Å². The molecule has 5 aromatic rings. The summed E-state index contributed by atoms with van der Waals surface area (Å²) >= 11 is 9.86. The zero-order valence-electron chi connectivity index (χ0n) is 51.0. The number of thiol groups is 1. The number of thiocarbonyl (C=S) groups is 1. The van der Waals surface area contributed by atoms with Crippen LogP contribution >= 0.6 is 24.8 Å². The molecule has 3 heterocycles. The fourth-order valence-electron chi connectivity index (χ4n) is 10.3. The first-order valence-corrected chi connectivity index (χ1v) is 31.1. The number of H-pyrrole nitrogens is 1. The van der Waals surface area contributed by atoms with Crippen LogP contribution in [0.3, 0.4) is 0 Å². The van der Waals surface area contributed by atoms with Gasteiger partial charge in [-0.15, -0.1) is 0 Å². The second-order valence-corrected chi connectivity index (χ2v) is 22.1. The van der Waals surface area contributed by atoms with Crippen molar-refractivity contribution in [2.75, 3.05) is 66.3 Å². The van der Waals surface area contributed by atoms with Crippen molar-refractivity contribution in [2.24, 2.45) is 0 Å². The molecule has 3 aromatic carbocycles. The number of nitrogens with two attached hydrogens (primary N) is 1. The highest BCUT2D eigenvalue weighted by molar-refractivity contribution is 7.80. The SMILES string of the molecule is CCN(CC)c1ccc2c(-c3cc(NC(=S)NCCCCC(NC(=O)CCS)C(=O)NCCCCC(NC(=O)CCC(NC(=O)c4ccc(NCc5cnc6nc(N)[nH]c(=O)c6n5)cc4)C(=O)O)C(=O)O)ccc3C(=O)O)c3ccc(=[N+](CC)CC)cc-3oc2c1. The molecule has 0 bridgehead atoms. The monoisotopic (exact) mass is 1290 g/mol. The van der Waals surface area contributed by atoms with Crippen LogP contribution in [0.15, 0.2) is 94.3 Å². The highest BCUT2D eigenvalue weighted by Crippen LogP contribution is 2.43. The Hall–Kier alpha value is -9.70. The Kier molecular flexibility index (Phi) is 25.1. The van der Waals surface area contributed by atoms with Crippen molar-refractivity contribution in [1.82, 2.24) is 51.1 Å². The Balaban J connectivity index is 0.866. The van der Waals surface area contributed by atoms with Crippen LogP contribution in [0, 0.1) is 0 Å². The Labute approximate surface area is 535 Å². The maximum Gasteiger partial charge on any atom is 0.336 e. The molecule has 1 aliphatic carbocycles. The van der Waals surface area contributed by atoms with Gasteiger partial charge in [0.15, 0.2) is 16.3 Å². The third kappa shape index (κ3) is 18.9. The van der Waals surface area contributed by atoms with Gasteiger partial charge in [-0.2, -0.15) is 17.6 Å². The quantitative estimate of drug-likeness (QED) is 0.00787. The molecule has 0 fully saturated rings. The van der Waals surface area contributed by atoms with Crippen LogP contribution < -0.4 is 63.3 Å². The summed E-state index contributed by atoms with van der Waals surface area (Å²) in [4.78, 5) is 118. The summed E-state index contributed by atoms with van der Waals surface area (Å²) in [5.74, 6) is -5.31. The maximum atomic E-state index is 13.5. The molecule has 2 aromatic heterocycles. The van der Waals surface area contributed by atoms with Gasteiger partial charge in [-0.05, 0) is 157 Å². The van der Waals surface area contributed by atoms with Gasteiger partial charge in [0.05, 0.1) is 30.1 Å². The first-order valence-electron chi connectivity index (χ1n) is 30.1. The van der Waals surface area contributed by atoms with Crippen molar-refractivity contribution < 1.29 is 53.3 Å². The van der Waals surface area contributed by atoms with Gasteiger partial charge in [0.25, 0.3) is 11.5 Å². The van der Waals surface area contributed by atoms with Crippen LogP contribution in [-0.4, -0.2) is 145 Å². The molecule has 0 saturated carbocycles. The number of unbranched alkanes of at least 4 members (excludes halogenated alkanes) is 2. The number of anilines is 4. The number of carbonyl (C=O) groups excluding carboxylic acids is 4. The number of nitrogens with zero attached hydrogens (tertiary/aromatic N) is 5. The number of aromatic nitrogens is 4. The van der Waals surface area contributed by atoms with E-state index in [-0.39, 0.29) is 90.2 Å². The van der Waals surface area contributed by atoms with Crippen molar-refractivity contribution in [3.63, 3.8) is 0 Å². The standard InChI is InChI=1S/C63H76N14O12S2/c1-5-76(6-2)40-20-23-43-49(32-40)89-50-33-41(77(7-3)8-4)21-24-44(50)53(43)45-31-38(19-22-42(45)59(83)84)70-63(91)66-29-12-9-13-46(71-52(79)27-30-90)57(81)65-28-11-10-14-47(60(85)86)72-51(78)26-25-48(61(87)88)73-56(80)36-15-17-37(18-16-36)67-34-39-35-68-55-54(69-39)58(82)75-62(64)74-55/h15-24,31-33,35,46-48,67H,5-14,25-30,34H2,1-4H3,(H12-,64,65,66,68,70,71,72,73,74,75,78,79,80,81,82,83,84,85,86,87,88,90,91)/p+1. The van der Waals surface area contributed by atoms with Gasteiger partial charge in [-0.1, -0.05) is 0 Å². The molecule has 2 aliphatic rings. The average Bonchev–Trinajstić information content (AvgIpc) is 0.751. The number of aliphatic carboxylic acids is 2. The summed E-state index contributed by atoms with van der Waals surface area (Å²) in [7, 11) is 0. The van der Waals surface area contributed by atoms with Crippen LogP contribution in [0.5, 0.6) is 0 Å². The van der Waals surface area contributed by atoms with E-state index in [0.29, 0.717) is 65.3 Å². The molecular weight excluding hydrogens is 1210 g/mol. The van der Waals surface area contributed by atoms with Crippen molar-refractivity contribution in [1.29, 1.82) is 0 Å². The van der Waals surface area contributed by atoms with Gasteiger partial charge in [-0.3, -0.25) is 29.0 Å². The minimum Gasteiger partial charge on any atom is -0.480 e. The van der Waals surface area contributed by atoms with Gasteiger partial charge in [0.2, 0.25) is 29.0 Å². The zero-order valence-corrected chi connectivity index (χ0v) is 52.7. The zero-order chi connectivity index (χ0) is 65.7. The number of aromatic amines is 1. The lowest BCUT2D eigenvalue weighted by atomic mass is 9.90. The van der Waals surface area contributed by atoms with Gasteiger partial charge < -0.3 is 67.6 Å². The summed E-state index contributed by atoms with van der Waals surface area (Å²) in [5.41, 5.74) is 10.4. The fraction of sp³-hybridized carbons (Fsp3) is 0.381. The number of aromatic carboxylic acids is 1. The van der Waals surface area contributed by atoms with E-state index in [1.807, 2.05) is 36.4 Å². The summed E-state index contributed by atoms with van der Waals surface area (Å²) < 4.78 is 8.85. The van der Waals surface area contributed by atoms with Crippen molar-refractivity contribution in [2.45, 2.75) is 110 Å². The maximum absolute atomic E-state index is 13.5. The number of hydrogen-bond donors (Lipinski definition) is 13. The van der Waals surface area contributed by atoms with Crippen LogP contribution in [0.4, 0.5) is 23.0 Å². The summed E-state index contributed by atoms with van der Waals surface area (Å²) in [6.45, 7) is 12.2. The minimum atomic E-state index is -1.48. The second kappa shape index (κ2) is 33.2. The normalized spacial score (nSPS) is 12.1. The third-order valence-electron chi connectivity index (χ3n) is 15.1. The number of benzene rings is 4. The number of carbonyl (C=O) groups is 7.